The lowest BCUT2D eigenvalue weighted by Crippen LogP contribution is -2.42. The van der Waals surface area contributed by atoms with Crippen molar-refractivity contribution in [1.29, 1.82) is 0 Å². The molecular formula is C20H26N2O3. The molecule has 0 aliphatic heterocycles. The molecule has 0 saturated heterocycles. The molecule has 1 N–H and O–H groups in total. The molecule has 1 atom stereocenters. The highest BCUT2D eigenvalue weighted by Crippen LogP contribution is 2.27. The van der Waals surface area contributed by atoms with Crippen LogP contribution in [0.1, 0.15) is 18.1 Å². The molecule has 25 heavy (non-hydrogen) atoms. The fourth-order valence-electron chi connectivity index (χ4n) is 2.54. The molecule has 0 radical (unpaired) electrons. The Morgan fingerprint density at radius 3 is 2.36 bits per heavy atom. The van der Waals surface area contributed by atoms with Crippen molar-refractivity contribution in [1.82, 2.24) is 10.2 Å². The van der Waals surface area contributed by atoms with Crippen molar-refractivity contribution in [2.24, 2.45) is 0 Å². The summed E-state index contributed by atoms with van der Waals surface area (Å²) in [6, 6.07) is 15.5. The van der Waals surface area contributed by atoms with Gasteiger partial charge in [-0.15, -0.1) is 0 Å². The summed E-state index contributed by atoms with van der Waals surface area (Å²) in [4.78, 5) is 14.4. The molecule has 5 heteroatoms. The van der Waals surface area contributed by atoms with E-state index >= 15 is 0 Å². The minimum Gasteiger partial charge on any atom is -0.493 e. The molecule has 0 unspecified atom stereocenters. The Bertz CT molecular complexity index is 689. The van der Waals surface area contributed by atoms with Crippen LogP contribution in [0.4, 0.5) is 0 Å². The Morgan fingerprint density at radius 2 is 1.72 bits per heavy atom. The number of nitrogens with one attached hydrogen (secondary N) is 1. The number of ether oxygens (including phenoxy) is 2. The average Bonchev–Trinajstić information content (AvgIpc) is 2.65. The van der Waals surface area contributed by atoms with Crippen LogP contribution in [-0.2, 0) is 17.9 Å². The van der Waals surface area contributed by atoms with E-state index < -0.39 is 0 Å². The van der Waals surface area contributed by atoms with Gasteiger partial charge < -0.3 is 14.8 Å². The number of likely N-dealkylation sites (N-methyl/N-ethyl adjacent to an activating group) is 1. The Morgan fingerprint density at radius 1 is 1.04 bits per heavy atom. The molecule has 2 aromatic rings. The van der Waals surface area contributed by atoms with Gasteiger partial charge in [-0.25, -0.2) is 0 Å². The number of hydrogen-bond donors (Lipinski definition) is 1. The van der Waals surface area contributed by atoms with Gasteiger partial charge in [0.05, 0.1) is 20.3 Å². The van der Waals surface area contributed by atoms with Gasteiger partial charge in [0.2, 0.25) is 5.91 Å². The first-order chi connectivity index (χ1) is 12.0. The molecule has 0 aromatic heterocycles. The lowest BCUT2D eigenvalue weighted by Gasteiger charge is -2.24. The topological polar surface area (TPSA) is 50.8 Å². The van der Waals surface area contributed by atoms with Gasteiger partial charge in [-0.05, 0) is 37.2 Å². The molecule has 0 heterocycles. The van der Waals surface area contributed by atoms with Crippen LogP contribution in [0.3, 0.4) is 0 Å². The summed E-state index contributed by atoms with van der Waals surface area (Å²) in [5.74, 6) is 1.32. The quantitative estimate of drug-likeness (QED) is 0.801. The van der Waals surface area contributed by atoms with Crippen LogP contribution in [0.2, 0.25) is 0 Å². The number of nitrogens with zero attached hydrogens (tertiary/aromatic N) is 1. The molecule has 1 amide bonds. The largest absolute Gasteiger partial charge is 0.493 e. The van der Waals surface area contributed by atoms with Crippen LogP contribution in [0.15, 0.2) is 48.5 Å². The number of carbonyl (C=O) groups is 1. The highest BCUT2D eigenvalue weighted by atomic mass is 16.5. The van der Waals surface area contributed by atoms with E-state index in [2.05, 4.69) is 17.4 Å². The van der Waals surface area contributed by atoms with E-state index in [4.69, 9.17) is 9.47 Å². The molecule has 2 rings (SSSR count). The maximum absolute atomic E-state index is 12.4. The molecule has 2 aromatic carbocycles. The summed E-state index contributed by atoms with van der Waals surface area (Å²) in [7, 11) is 5.15. The van der Waals surface area contributed by atoms with Crippen LogP contribution in [0, 0.1) is 0 Å². The minimum absolute atomic E-state index is 0.00628. The lowest BCUT2D eigenvalue weighted by atomic mass is 10.1. The monoisotopic (exact) mass is 342 g/mol. The van der Waals surface area contributed by atoms with E-state index in [0.29, 0.717) is 18.0 Å². The molecule has 0 aliphatic rings. The Balaban J connectivity index is 1.90. The number of hydrogen-bond acceptors (Lipinski definition) is 4. The highest BCUT2D eigenvalue weighted by Gasteiger charge is 2.18. The SMILES string of the molecule is COc1ccc(CNC(=O)[C@@H](C)N(C)Cc2ccccc2)cc1OC. The van der Waals surface area contributed by atoms with E-state index in [-0.39, 0.29) is 11.9 Å². The van der Waals surface area contributed by atoms with Crippen molar-refractivity contribution in [2.75, 3.05) is 21.3 Å². The third kappa shape index (κ3) is 5.22. The molecule has 0 aliphatic carbocycles. The zero-order valence-corrected chi connectivity index (χ0v) is 15.3. The van der Waals surface area contributed by atoms with Gasteiger partial charge in [-0.1, -0.05) is 36.4 Å². The van der Waals surface area contributed by atoms with Gasteiger partial charge in [0.25, 0.3) is 0 Å². The van der Waals surface area contributed by atoms with Crippen LogP contribution >= 0.6 is 0 Å². The van der Waals surface area contributed by atoms with Crippen molar-refractivity contribution in [3.05, 3.63) is 59.7 Å². The standard InChI is InChI=1S/C20H26N2O3/c1-15(22(2)14-16-8-6-5-7-9-16)20(23)21-13-17-10-11-18(24-3)19(12-17)25-4/h5-12,15H,13-14H2,1-4H3,(H,21,23)/t15-/m1/s1. The maximum Gasteiger partial charge on any atom is 0.237 e. The first-order valence-electron chi connectivity index (χ1n) is 8.28. The fraction of sp³-hybridized carbons (Fsp3) is 0.350. The second kappa shape index (κ2) is 9.08. The third-order valence-corrected chi connectivity index (χ3v) is 4.23. The first-order valence-corrected chi connectivity index (χ1v) is 8.28. The summed E-state index contributed by atoms with van der Waals surface area (Å²) in [5, 5.41) is 2.98. The van der Waals surface area contributed by atoms with E-state index in [9.17, 15) is 4.79 Å². The number of methoxy groups -OCH3 is 2. The van der Waals surface area contributed by atoms with Gasteiger partial charge in [-0.2, -0.15) is 0 Å². The Kier molecular flexibility index (Phi) is 6.83. The summed E-state index contributed by atoms with van der Waals surface area (Å²) in [5.41, 5.74) is 2.15. The minimum atomic E-state index is -0.222. The van der Waals surface area contributed by atoms with E-state index in [1.165, 1.54) is 5.56 Å². The highest BCUT2D eigenvalue weighted by molar-refractivity contribution is 5.81. The number of amides is 1. The van der Waals surface area contributed by atoms with Crippen molar-refractivity contribution >= 4 is 5.91 Å². The van der Waals surface area contributed by atoms with Crippen molar-refractivity contribution in [3.8, 4) is 11.5 Å². The lowest BCUT2D eigenvalue weighted by molar-refractivity contribution is -0.125. The molecule has 0 fully saturated rings. The zero-order chi connectivity index (χ0) is 18.2. The average molecular weight is 342 g/mol. The van der Waals surface area contributed by atoms with E-state index in [1.807, 2.05) is 55.3 Å². The van der Waals surface area contributed by atoms with E-state index in [0.717, 1.165) is 12.1 Å². The molecule has 0 saturated carbocycles. The van der Waals surface area contributed by atoms with Crippen molar-refractivity contribution in [3.63, 3.8) is 0 Å². The van der Waals surface area contributed by atoms with Gasteiger partial charge in [-0.3, -0.25) is 9.69 Å². The van der Waals surface area contributed by atoms with Crippen LogP contribution in [0.5, 0.6) is 11.5 Å². The van der Waals surface area contributed by atoms with Gasteiger partial charge in [0, 0.05) is 13.1 Å². The number of rotatable bonds is 8. The Labute approximate surface area is 149 Å². The predicted molar refractivity (Wildman–Crippen MR) is 98.8 cm³/mol. The summed E-state index contributed by atoms with van der Waals surface area (Å²) in [6.07, 6.45) is 0. The normalized spacial score (nSPS) is 11.9. The Hall–Kier alpha value is -2.53. The predicted octanol–water partition coefficient (Wildman–Crippen LogP) is 2.84. The van der Waals surface area contributed by atoms with Crippen molar-refractivity contribution < 1.29 is 14.3 Å². The van der Waals surface area contributed by atoms with E-state index in [1.54, 1.807) is 14.2 Å². The van der Waals surface area contributed by atoms with Crippen molar-refractivity contribution in [2.45, 2.75) is 26.1 Å². The van der Waals surface area contributed by atoms with Crippen LogP contribution < -0.4 is 14.8 Å². The van der Waals surface area contributed by atoms with Gasteiger partial charge in [0.15, 0.2) is 11.5 Å². The second-order valence-corrected chi connectivity index (χ2v) is 5.98. The molecule has 5 nitrogen and oxygen atoms in total. The second-order valence-electron chi connectivity index (χ2n) is 5.98. The molecule has 0 spiro atoms. The maximum atomic E-state index is 12.4. The molecular weight excluding hydrogens is 316 g/mol. The number of carbonyl (C=O) groups excluding carboxylic acids is 1. The molecule has 0 bridgehead atoms. The van der Waals surface area contributed by atoms with Crippen LogP contribution in [0.25, 0.3) is 0 Å². The van der Waals surface area contributed by atoms with Gasteiger partial charge >= 0.3 is 0 Å². The third-order valence-electron chi connectivity index (χ3n) is 4.23. The molecule has 134 valence electrons. The first kappa shape index (κ1) is 18.8. The summed E-state index contributed by atoms with van der Waals surface area (Å²) in [6.45, 7) is 3.08. The summed E-state index contributed by atoms with van der Waals surface area (Å²) >= 11 is 0. The smallest absolute Gasteiger partial charge is 0.237 e. The summed E-state index contributed by atoms with van der Waals surface area (Å²) < 4.78 is 10.5. The number of benzene rings is 2. The zero-order valence-electron chi connectivity index (χ0n) is 15.3. The van der Waals surface area contributed by atoms with Crippen LogP contribution in [-0.4, -0.2) is 38.1 Å². The van der Waals surface area contributed by atoms with Gasteiger partial charge in [0.1, 0.15) is 0 Å². The fourth-order valence-corrected chi connectivity index (χ4v) is 2.54.